The summed E-state index contributed by atoms with van der Waals surface area (Å²) in [5, 5.41) is 9.67. The van der Waals surface area contributed by atoms with Gasteiger partial charge in [0, 0.05) is 32.3 Å². The summed E-state index contributed by atoms with van der Waals surface area (Å²) in [7, 11) is 2.07. The lowest BCUT2D eigenvalue weighted by atomic mass is 9.94. The molecule has 1 amide bonds. The Morgan fingerprint density at radius 2 is 1.79 bits per heavy atom. The summed E-state index contributed by atoms with van der Waals surface area (Å²) in [6.07, 6.45) is 4.38. The highest BCUT2D eigenvalue weighted by atomic mass is 16.6. The quantitative estimate of drug-likeness (QED) is 0.580. The van der Waals surface area contributed by atoms with Crippen molar-refractivity contribution in [1.29, 1.82) is 0 Å². The van der Waals surface area contributed by atoms with E-state index in [9.17, 15) is 9.90 Å². The second kappa shape index (κ2) is 11.7. The maximum atomic E-state index is 12.2. The Hall–Kier alpha value is -0.810. The van der Waals surface area contributed by atoms with Gasteiger partial charge in [-0.25, -0.2) is 4.79 Å². The van der Waals surface area contributed by atoms with E-state index in [0.717, 1.165) is 13.0 Å². The van der Waals surface area contributed by atoms with E-state index in [4.69, 9.17) is 4.74 Å². The van der Waals surface area contributed by atoms with Crippen molar-refractivity contribution in [3.8, 4) is 0 Å². The van der Waals surface area contributed by atoms with Crippen LogP contribution in [0.1, 0.15) is 67.2 Å². The molecule has 0 bridgehead atoms. The Balaban J connectivity index is 4.45. The number of rotatable bonds is 11. The highest BCUT2D eigenvalue weighted by Crippen LogP contribution is 2.17. The van der Waals surface area contributed by atoms with Crippen molar-refractivity contribution >= 4 is 6.09 Å². The van der Waals surface area contributed by atoms with Gasteiger partial charge in [-0.2, -0.15) is 0 Å². The van der Waals surface area contributed by atoms with E-state index >= 15 is 0 Å². The fourth-order valence-corrected chi connectivity index (χ4v) is 2.69. The molecule has 0 aromatic rings. The molecule has 144 valence electrons. The highest BCUT2D eigenvalue weighted by molar-refractivity contribution is 5.68. The maximum Gasteiger partial charge on any atom is 0.410 e. The first kappa shape index (κ1) is 23.2. The van der Waals surface area contributed by atoms with Gasteiger partial charge in [-0.05, 0) is 54.0 Å². The Kier molecular flexibility index (Phi) is 11.3. The van der Waals surface area contributed by atoms with Gasteiger partial charge < -0.3 is 19.6 Å². The van der Waals surface area contributed by atoms with Gasteiger partial charge in [0.05, 0.1) is 0 Å². The van der Waals surface area contributed by atoms with Gasteiger partial charge in [0.15, 0.2) is 0 Å². The molecule has 2 atom stereocenters. The molecule has 0 saturated heterocycles. The molecule has 2 unspecified atom stereocenters. The van der Waals surface area contributed by atoms with Crippen molar-refractivity contribution in [3.63, 3.8) is 0 Å². The SMILES string of the molecule is CCCCCC(CO)C(C)N(C)CCN(CC)C(=O)OC(C)(C)C. The van der Waals surface area contributed by atoms with E-state index in [-0.39, 0.29) is 18.6 Å². The summed E-state index contributed by atoms with van der Waals surface area (Å²) in [4.78, 5) is 16.2. The molecule has 0 spiro atoms. The van der Waals surface area contributed by atoms with Gasteiger partial charge in [-0.3, -0.25) is 0 Å². The van der Waals surface area contributed by atoms with Crippen LogP contribution in [0.2, 0.25) is 0 Å². The minimum atomic E-state index is -0.467. The van der Waals surface area contributed by atoms with Crippen LogP contribution in [0.15, 0.2) is 0 Å². The summed E-state index contributed by atoms with van der Waals surface area (Å²) in [5.41, 5.74) is -0.467. The second-order valence-electron chi connectivity index (χ2n) is 7.72. The molecule has 0 saturated carbocycles. The van der Waals surface area contributed by atoms with Crippen molar-refractivity contribution in [3.05, 3.63) is 0 Å². The number of nitrogens with zero attached hydrogens (tertiary/aromatic N) is 2. The van der Waals surface area contributed by atoms with Gasteiger partial charge in [0.1, 0.15) is 5.60 Å². The predicted molar refractivity (Wildman–Crippen MR) is 100 cm³/mol. The molecular formula is C19H40N2O3. The lowest BCUT2D eigenvalue weighted by molar-refractivity contribution is 0.0228. The summed E-state index contributed by atoms with van der Waals surface area (Å²) in [6.45, 7) is 14.2. The fraction of sp³-hybridized carbons (Fsp3) is 0.947. The number of hydrogen-bond acceptors (Lipinski definition) is 4. The molecule has 0 rings (SSSR count). The van der Waals surface area contributed by atoms with Crippen LogP contribution in [-0.4, -0.2) is 65.9 Å². The standard InChI is InChI=1S/C19H40N2O3/c1-8-10-11-12-17(15-22)16(3)20(7)13-14-21(9-2)18(23)24-19(4,5)6/h16-17,22H,8-15H2,1-7H3. The van der Waals surface area contributed by atoms with Crippen LogP contribution in [0.4, 0.5) is 4.79 Å². The molecule has 0 heterocycles. The number of aliphatic hydroxyl groups is 1. The number of unbranched alkanes of at least 4 members (excludes halogenated alkanes) is 2. The van der Waals surface area contributed by atoms with Crippen LogP contribution in [0.5, 0.6) is 0 Å². The zero-order chi connectivity index (χ0) is 18.8. The molecule has 0 fully saturated rings. The molecule has 1 N–H and O–H groups in total. The van der Waals surface area contributed by atoms with E-state index in [1.807, 2.05) is 27.7 Å². The molecule has 0 radical (unpaired) electrons. The first-order valence-electron chi connectivity index (χ1n) is 9.45. The number of amides is 1. The van der Waals surface area contributed by atoms with Crippen molar-refractivity contribution in [1.82, 2.24) is 9.80 Å². The molecule has 0 aromatic heterocycles. The van der Waals surface area contributed by atoms with E-state index in [0.29, 0.717) is 19.1 Å². The van der Waals surface area contributed by atoms with Crippen LogP contribution in [-0.2, 0) is 4.74 Å². The number of carbonyl (C=O) groups excluding carboxylic acids is 1. The third-order valence-corrected chi connectivity index (χ3v) is 4.55. The summed E-state index contributed by atoms with van der Waals surface area (Å²) >= 11 is 0. The fourth-order valence-electron chi connectivity index (χ4n) is 2.69. The second-order valence-corrected chi connectivity index (χ2v) is 7.72. The first-order valence-corrected chi connectivity index (χ1v) is 9.45. The van der Waals surface area contributed by atoms with E-state index in [1.165, 1.54) is 19.3 Å². The molecule has 24 heavy (non-hydrogen) atoms. The topological polar surface area (TPSA) is 53.0 Å². The Morgan fingerprint density at radius 1 is 1.17 bits per heavy atom. The van der Waals surface area contributed by atoms with Crippen LogP contribution >= 0.6 is 0 Å². The molecule has 0 aromatic carbocycles. The largest absolute Gasteiger partial charge is 0.444 e. The number of carbonyl (C=O) groups is 1. The number of hydrogen-bond donors (Lipinski definition) is 1. The van der Waals surface area contributed by atoms with Crippen LogP contribution in [0, 0.1) is 5.92 Å². The van der Waals surface area contributed by atoms with Crippen LogP contribution < -0.4 is 0 Å². The summed E-state index contributed by atoms with van der Waals surface area (Å²) < 4.78 is 5.45. The molecule has 5 heteroatoms. The zero-order valence-electron chi connectivity index (χ0n) is 17.0. The van der Waals surface area contributed by atoms with Gasteiger partial charge >= 0.3 is 6.09 Å². The number of aliphatic hydroxyl groups excluding tert-OH is 1. The van der Waals surface area contributed by atoms with Gasteiger partial charge in [-0.15, -0.1) is 0 Å². The monoisotopic (exact) mass is 344 g/mol. The molecule has 0 aliphatic heterocycles. The first-order chi connectivity index (χ1) is 11.2. The van der Waals surface area contributed by atoms with Gasteiger partial charge in [0.25, 0.3) is 0 Å². The molecule has 0 aliphatic carbocycles. The normalized spacial score (nSPS) is 14.5. The molecule has 5 nitrogen and oxygen atoms in total. The van der Waals surface area contributed by atoms with Crippen molar-refractivity contribution in [2.75, 3.05) is 33.3 Å². The van der Waals surface area contributed by atoms with Crippen molar-refractivity contribution in [2.24, 2.45) is 5.92 Å². The average Bonchev–Trinajstić information content (AvgIpc) is 2.49. The summed E-state index contributed by atoms with van der Waals surface area (Å²) in [6, 6.07) is 0.296. The predicted octanol–water partition coefficient (Wildman–Crippen LogP) is 3.75. The number of likely N-dealkylation sites (N-methyl/N-ethyl adjacent to an activating group) is 2. The van der Waals surface area contributed by atoms with Gasteiger partial charge in [0.2, 0.25) is 0 Å². The van der Waals surface area contributed by atoms with Crippen molar-refractivity contribution < 1.29 is 14.6 Å². The Morgan fingerprint density at radius 3 is 2.25 bits per heavy atom. The minimum Gasteiger partial charge on any atom is -0.444 e. The molecule has 0 aliphatic rings. The van der Waals surface area contributed by atoms with E-state index in [2.05, 4.69) is 25.8 Å². The van der Waals surface area contributed by atoms with Crippen LogP contribution in [0.25, 0.3) is 0 Å². The minimum absolute atomic E-state index is 0.221. The number of ether oxygens (including phenoxy) is 1. The Bertz CT molecular complexity index is 342. The Labute approximate surface area is 149 Å². The third-order valence-electron chi connectivity index (χ3n) is 4.55. The molecular weight excluding hydrogens is 304 g/mol. The third kappa shape index (κ3) is 9.48. The smallest absolute Gasteiger partial charge is 0.410 e. The van der Waals surface area contributed by atoms with E-state index in [1.54, 1.807) is 4.90 Å². The van der Waals surface area contributed by atoms with Crippen LogP contribution in [0.3, 0.4) is 0 Å². The highest BCUT2D eigenvalue weighted by Gasteiger charge is 2.23. The maximum absolute atomic E-state index is 12.2. The lowest BCUT2D eigenvalue weighted by Gasteiger charge is -2.33. The zero-order valence-corrected chi connectivity index (χ0v) is 17.0. The van der Waals surface area contributed by atoms with E-state index < -0.39 is 5.60 Å². The van der Waals surface area contributed by atoms with Gasteiger partial charge in [-0.1, -0.05) is 26.2 Å². The van der Waals surface area contributed by atoms with Crippen molar-refractivity contribution in [2.45, 2.75) is 78.9 Å². The lowest BCUT2D eigenvalue weighted by Crippen LogP contribution is -2.44. The average molecular weight is 345 g/mol. The summed E-state index contributed by atoms with van der Waals surface area (Å²) in [5.74, 6) is 0.290.